The van der Waals surface area contributed by atoms with E-state index >= 15 is 0 Å². The molecular formula is C24H41N2O10P. The highest BCUT2D eigenvalue weighted by atomic mass is 31.2. The predicted molar refractivity (Wildman–Crippen MR) is 138 cm³/mol. The van der Waals surface area contributed by atoms with Gasteiger partial charge >= 0.3 is 25.4 Å². The van der Waals surface area contributed by atoms with Crippen LogP contribution in [0.1, 0.15) is 64.5 Å². The molecule has 5 N–H and O–H groups in total. The Morgan fingerprint density at radius 1 is 0.946 bits per heavy atom. The molecule has 0 spiro atoms. The summed E-state index contributed by atoms with van der Waals surface area (Å²) >= 11 is 0. The molecule has 0 aromatic heterocycles. The van der Waals surface area contributed by atoms with E-state index in [0.29, 0.717) is 5.75 Å². The first-order valence-corrected chi connectivity index (χ1v) is 13.6. The average Bonchev–Trinajstić information content (AvgIpc) is 2.77. The van der Waals surface area contributed by atoms with Gasteiger partial charge in [-0.1, -0.05) is 45.9 Å². The molecule has 12 nitrogen and oxygen atoms in total. The topological polar surface area (TPSA) is 183 Å². The van der Waals surface area contributed by atoms with Crippen molar-refractivity contribution in [3.8, 4) is 5.75 Å². The van der Waals surface area contributed by atoms with Gasteiger partial charge in [0, 0.05) is 0 Å². The number of para-hydroxylation sites is 1. The number of aliphatic carboxylic acids is 2. The van der Waals surface area contributed by atoms with Crippen molar-refractivity contribution in [2.75, 3.05) is 27.0 Å². The summed E-state index contributed by atoms with van der Waals surface area (Å²) in [5.74, 6) is -2.90. The number of aliphatic hydroxyl groups excluding tert-OH is 2. The monoisotopic (exact) mass is 548 g/mol. The van der Waals surface area contributed by atoms with Crippen LogP contribution >= 0.6 is 7.52 Å². The summed E-state index contributed by atoms with van der Waals surface area (Å²) in [6, 6.07) is 5.27. The minimum Gasteiger partial charge on any atom is -0.479 e. The van der Waals surface area contributed by atoms with Gasteiger partial charge in [-0.15, -0.1) is 0 Å². The molecule has 0 saturated carbocycles. The Morgan fingerprint density at radius 3 is 1.70 bits per heavy atom. The lowest BCUT2D eigenvalue weighted by Gasteiger charge is -2.29. The third-order valence-electron chi connectivity index (χ3n) is 4.86. The average molecular weight is 549 g/mol. The second-order valence-electron chi connectivity index (χ2n) is 9.23. The van der Waals surface area contributed by atoms with E-state index in [1.807, 2.05) is 32.3 Å². The standard InChI is InChI=1S/C20H35N2O4P.C4H6O6/c1-9-25-20(23)16(6)21-27(24,13-22(7)8)26-19-17(14(2)3)11-10-12-18(19)15(4)5;5-1(3(7)8)2(6)4(9)10/h10-12,14-16H,9,13H2,1-8H3,(H,21,24);1-2,5-6H,(H,7,8)(H,9,10)/t16-,27?;/m0./s1. The van der Waals surface area contributed by atoms with Crippen LogP contribution in [0.25, 0.3) is 0 Å². The number of nitrogens with zero attached hydrogens (tertiary/aromatic N) is 1. The fraction of sp³-hybridized carbons (Fsp3) is 0.625. The normalized spacial score (nSPS) is 15.3. The zero-order chi connectivity index (χ0) is 29.1. The Kier molecular flexibility index (Phi) is 14.6. The van der Waals surface area contributed by atoms with Crippen LogP contribution in [-0.2, 0) is 23.7 Å². The van der Waals surface area contributed by atoms with Crippen molar-refractivity contribution in [1.82, 2.24) is 9.99 Å². The number of carbonyl (C=O) groups excluding carboxylic acids is 1. The summed E-state index contributed by atoms with van der Waals surface area (Å²) in [7, 11) is 0.258. The Labute approximate surface area is 218 Å². The highest BCUT2D eigenvalue weighted by Gasteiger charge is 2.33. The smallest absolute Gasteiger partial charge is 0.335 e. The third-order valence-corrected chi connectivity index (χ3v) is 7.06. The van der Waals surface area contributed by atoms with Crippen LogP contribution in [0, 0.1) is 0 Å². The number of carboxylic acid groups (broad SMARTS) is 2. The fourth-order valence-corrected chi connectivity index (χ4v) is 5.23. The molecule has 0 fully saturated rings. The van der Waals surface area contributed by atoms with Crippen LogP contribution in [0.2, 0.25) is 0 Å². The largest absolute Gasteiger partial charge is 0.479 e. The quantitative estimate of drug-likeness (QED) is 0.180. The molecule has 0 bridgehead atoms. The molecular weight excluding hydrogens is 507 g/mol. The Balaban J connectivity index is 0.00000109. The number of hydrogen-bond acceptors (Lipinski definition) is 9. The van der Waals surface area contributed by atoms with E-state index in [4.69, 9.17) is 29.7 Å². The van der Waals surface area contributed by atoms with Gasteiger partial charge in [-0.2, -0.15) is 0 Å². The number of nitrogens with one attached hydrogen (secondary N) is 1. The summed E-state index contributed by atoms with van der Waals surface area (Å²) in [5.41, 5.74) is 2.01. The van der Waals surface area contributed by atoms with Gasteiger partial charge in [0.2, 0.25) is 0 Å². The fourth-order valence-electron chi connectivity index (χ4n) is 3.09. The zero-order valence-electron chi connectivity index (χ0n) is 22.7. The third kappa shape index (κ3) is 11.6. The molecule has 1 aromatic rings. The highest BCUT2D eigenvalue weighted by molar-refractivity contribution is 7.57. The Morgan fingerprint density at radius 2 is 1.38 bits per heavy atom. The summed E-state index contributed by atoms with van der Waals surface area (Å²) in [6.45, 7) is 12.0. The van der Waals surface area contributed by atoms with Gasteiger partial charge in [0.05, 0.1) is 6.61 Å². The summed E-state index contributed by atoms with van der Waals surface area (Å²) in [6.07, 6.45) is -4.37. The first-order chi connectivity index (χ1) is 17.0. The minimum absolute atomic E-state index is 0.167. The molecule has 4 atom stereocenters. The van der Waals surface area contributed by atoms with Crippen molar-refractivity contribution >= 4 is 25.4 Å². The predicted octanol–water partition coefficient (Wildman–Crippen LogP) is 2.44. The number of rotatable bonds is 13. The van der Waals surface area contributed by atoms with E-state index < -0.39 is 43.7 Å². The lowest BCUT2D eigenvalue weighted by Crippen LogP contribution is -2.39. The van der Waals surface area contributed by atoms with Crippen molar-refractivity contribution in [3.63, 3.8) is 0 Å². The number of benzene rings is 1. The number of ether oxygens (including phenoxy) is 1. The minimum atomic E-state index is -3.39. The molecule has 1 rings (SSSR count). The van der Waals surface area contributed by atoms with Gasteiger partial charge in [0.15, 0.2) is 12.2 Å². The maximum absolute atomic E-state index is 13.7. The van der Waals surface area contributed by atoms with E-state index in [1.54, 1.807) is 18.7 Å². The van der Waals surface area contributed by atoms with E-state index in [0.717, 1.165) is 11.1 Å². The maximum Gasteiger partial charge on any atom is 0.335 e. The van der Waals surface area contributed by atoms with Crippen molar-refractivity contribution in [2.45, 2.75) is 71.6 Å². The van der Waals surface area contributed by atoms with Crippen LogP contribution in [0.5, 0.6) is 5.75 Å². The van der Waals surface area contributed by atoms with Crippen LogP contribution in [-0.4, -0.2) is 88.5 Å². The molecule has 37 heavy (non-hydrogen) atoms. The Hall–Kier alpha value is -2.50. The maximum atomic E-state index is 13.7. The van der Waals surface area contributed by atoms with E-state index in [-0.39, 0.29) is 24.7 Å². The SMILES string of the molecule is CCOC(=O)[C@H](C)NP(=O)(CN(C)C)Oc1c(C(C)C)cccc1C(C)C.O=C(O)C(O)C(O)C(=O)O. The lowest BCUT2D eigenvalue weighted by molar-refractivity contribution is -0.165. The molecule has 0 aliphatic carbocycles. The highest BCUT2D eigenvalue weighted by Crippen LogP contribution is 2.48. The number of aliphatic hydroxyl groups is 2. The molecule has 1 aromatic carbocycles. The molecule has 0 saturated heterocycles. The van der Waals surface area contributed by atoms with Crippen LogP contribution in [0.3, 0.4) is 0 Å². The number of esters is 1. The second kappa shape index (κ2) is 15.7. The first kappa shape index (κ1) is 34.5. The summed E-state index contributed by atoms with van der Waals surface area (Å²) < 4.78 is 24.9. The molecule has 212 valence electrons. The second-order valence-corrected chi connectivity index (χ2v) is 11.3. The van der Waals surface area contributed by atoms with Gasteiger partial charge in [-0.3, -0.25) is 14.3 Å². The molecule has 3 unspecified atom stereocenters. The van der Waals surface area contributed by atoms with Gasteiger partial charge in [0.25, 0.3) is 0 Å². The lowest BCUT2D eigenvalue weighted by atomic mass is 9.94. The number of carbonyl (C=O) groups is 3. The van der Waals surface area contributed by atoms with E-state index in [9.17, 15) is 18.9 Å². The van der Waals surface area contributed by atoms with Crippen molar-refractivity contribution in [2.24, 2.45) is 0 Å². The Bertz CT molecular complexity index is 907. The zero-order valence-corrected chi connectivity index (χ0v) is 23.6. The van der Waals surface area contributed by atoms with Crippen LogP contribution in [0.15, 0.2) is 18.2 Å². The number of hydrogen-bond donors (Lipinski definition) is 5. The molecule has 0 aliphatic rings. The summed E-state index contributed by atoms with van der Waals surface area (Å²) in [5, 5.41) is 35.4. The van der Waals surface area contributed by atoms with Crippen LogP contribution < -0.4 is 9.61 Å². The van der Waals surface area contributed by atoms with Crippen molar-refractivity contribution < 1.29 is 48.6 Å². The first-order valence-electron chi connectivity index (χ1n) is 11.8. The van der Waals surface area contributed by atoms with E-state index in [1.165, 1.54) is 0 Å². The number of carboxylic acids is 2. The van der Waals surface area contributed by atoms with E-state index in [2.05, 4.69) is 32.8 Å². The molecule has 0 heterocycles. The molecule has 0 radical (unpaired) electrons. The van der Waals surface area contributed by atoms with Gasteiger partial charge in [-0.05, 0) is 50.9 Å². The van der Waals surface area contributed by atoms with Gasteiger partial charge in [0.1, 0.15) is 18.1 Å². The molecule has 0 amide bonds. The van der Waals surface area contributed by atoms with Gasteiger partial charge in [-0.25, -0.2) is 14.7 Å². The van der Waals surface area contributed by atoms with Gasteiger partial charge < -0.3 is 29.7 Å². The van der Waals surface area contributed by atoms with Crippen molar-refractivity contribution in [1.29, 1.82) is 0 Å². The molecule has 0 aliphatic heterocycles. The van der Waals surface area contributed by atoms with Crippen LogP contribution in [0.4, 0.5) is 0 Å². The summed E-state index contributed by atoms with van der Waals surface area (Å²) in [4.78, 5) is 33.4. The van der Waals surface area contributed by atoms with Crippen molar-refractivity contribution in [3.05, 3.63) is 29.3 Å². The molecule has 13 heteroatoms.